The average Bonchev–Trinajstić information content (AvgIpc) is 2.84. The van der Waals surface area contributed by atoms with Gasteiger partial charge in [-0.05, 0) is 55.0 Å². The first-order chi connectivity index (χ1) is 15.8. The van der Waals surface area contributed by atoms with Crippen molar-refractivity contribution in [2.24, 2.45) is 0 Å². The van der Waals surface area contributed by atoms with Gasteiger partial charge in [0.05, 0.1) is 30.9 Å². The third kappa shape index (κ3) is 5.62. The molecule has 1 amide bonds. The lowest BCUT2D eigenvalue weighted by molar-refractivity contribution is 0.0593. The molecular formula is C25H21NO7. The van der Waals surface area contributed by atoms with Gasteiger partial charge in [-0.1, -0.05) is 24.3 Å². The summed E-state index contributed by atoms with van der Waals surface area (Å²) in [5.41, 5.74) is 1.85. The van der Waals surface area contributed by atoms with Crippen molar-refractivity contribution in [3.8, 4) is 5.75 Å². The maximum absolute atomic E-state index is 12.8. The minimum atomic E-state index is -0.747. The van der Waals surface area contributed by atoms with Gasteiger partial charge in [0.1, 0.15) is 5.75 Å². The molecule has 0 bridgehead atoms. The first kappa shape index (κ1) is 23.2. The Balaban J connectivity index is 1.86. The summed E-state index contributed by atoms with van der Waals surface area (Å²) >= 11 is 0. The van der Waals surface area contributed by atoms with Gasteiger partial charge in [-0.25, -0.2) is 14.4 Å². The minimum Gasteiger partial charge on any atom is -0.465 e. The molecule has 3 rings (SSSR count). The molecule has 0 fully saturated rings. The van der Waals surface area contributed by atoms with Gasteiger partial charge in [0.15, 0.2) is 0 Å². The van der Waals surface area contributed by atoms with Crippen LogP contribution in [0.5, 0.6) is 5.75 Å². The Morgan fingerprint density at radius 1 is 0.667 bits per heavy atom. The number of esters is 3. The summed E-state index contributed by atoms with van der Waals surface area (Å²) in [6, 6.07) is 17.2. The molecule has 0 aliphatic rings. The first-order valence-electron chi connectivity index (χ1n) is 9.83. The van der Waals surface area contributed by atoms with Gasteiger partial charge >= 0.3 is 17.9 Å². The number of hydrogen-bond acceptors (Lipinski definition) is 7. The molecule has 0 unspecified atom stereocenters. The van der Waals surface area contributed by atoms with E-state index in [-0.39, 0.29) is 28.3 Å². The predicted octanol–water partition coefficient (Wildman–Crippen LogP) is 4.04. The fraction of sp³-hybridized carbons (Fsp3) is 0.120. The van der Waals surface area contributed by atoms with Gasteiger partial charge in [-0.2, -0.15) is 0 Å². The number of aryl methyl sites for hydroxylation is 1. The van der Waals surface area contributed by atoms with Crippen LogP contribution in [0.15, 0.2) is 66.7 Å². The van der Waals surface area contributed by atoms with Crippen LogP contribution in [0.1, 0.15) is 47.0 Å². The van der Waals surface area contributed by atoms with Crippen molar-refractivity contribution >= 4 is 29.5 Å². The van der Waals surface area contributed by atoms with E-state index in [0.717, 1.165) is 5.56 Å². The third-order valence-electron chi connectivity index (χ3n) is 4.72. The number of hydrogen-bond donors (Lipinski definition) is 1. The topological polar surface area (TPSA) is 108 Å². The van der Waals surface area contributed by atoms with Gasteiger partial charge in [0, 0.05) is 11.3 Å². The van der Waals surface area contributed by atoms with Crippen molar-refractivity contribution in [3.05, 3.63) is 94.5 Å². The van der Waals surface area contributed by atoms with Crippen LogP contribution < -0.4 is 10.1 Å². The van der Waals surface area contributed by atoms with Crippen molar-refractivity contribution in [3.63, 3.8) is 0 Å². The number of anilines is 1. The number of methoxy groups -OCH3 is 2. The van der Waals surface area contributed by atoms with Gasteiger partial charge in [0.2, 0.25) is 0 Å². The zero-order chi connectivity index (χ0) is 24.0. The van der Waals surface area contributed by atoms with Crippen molar-refractivity contribution in [2.75, 3.05) is 19.5 Å². The van der Waals surface area contributed by atoms with E-state index in [9.17, 15) is 19.2 Å². The number of carbonyl (C=O) groups excluding carboxylic acids is 4. The van der Waals surface area contributed by atoms with Gasteiger partial charge in [-0.3, -0.25) is 4.79 Å². The monoisotopic (exact) mass is 447 g/mol. The fourth-order valence-electron chi connectivity index (χ4n) is 2.96. The molecule has 168 valence electrons. The van der Waals surface area contributed by atoms with Crippen LogP contribution in [-0.4, -0.2) is 38.0 Å². The molecular weight excluding hydrogens is 426 g/mol. The van der Waals surface area contributed by atoms with Crippen molar-refractivity contribution in [1.29, 1.82) is 0 Å². The Morgan fingerprint density at radius 3 is 1.85 bits per heavy atom. The molecule has 8 heteroatoms. The highest BCUT2D eigenvalue weighted by molar-refractivity contribution is 6.05. The van der Waals surface area contributed by atoms with E-state index in [1.54, 1.807) is 49.4 Å². The number of carbonyl (C=O) groups is 4. The lowest BCUT2D eigenvalue weighted by Gasteiger charge is -2.12. The molecule has 0 saturated heterocycles. The van der Waals surface area contributed by atoms with Crippen LogP contribution in [-0.2, 0) is 9.47 Å². The summed E-state index contributed by atoms with van der Waals surface area (Å²) in [6.07, 6.45) is 0. The molecule has 0 radical (unpaired) electrons. The van der Waals surface area contributed by atoms with Crippen molar-refractivity contribution in [2.45, 2.75) is 6.92 Å². The molecule has 0 saturated carbocycles. The summed E-state index contributed by atoms with van der Waals surface area (Å²) in [4.78, 5) is 49.1. The van der Waals surface area contributed by atoms with Crippen molar-refractivity contribution in [1.82, 2.24) is 0 Å². The largest absolute Gasteiger partial charge is 0.465 e. The number of amides is 1. The van der Waals surface area contributed by atoms with Crippen LogP contribution >= 0.6 is 0 Å². The van der Waals surface area contributed by atoms with E-state index in [2.05, 4.69) is 14.8 Å². The average molecular weight is 447 g/mol. The molecule has 0 atom stereocenters. The molecule has 1 N–H and O–H groups in total. The maximum atomic E-state index is 12.8. The zero-order valence-electron chi connectivity index (χ0n) is 18.2. The second kappa shape index (κ2) is 10.2. The minimum absolute atomic E-state index is 0.0166. The summed E-state index contributed by atoms with van der Waals surface area (Å²) in [7, 11) is 2.38. The smallest absolute Gasteiger partial charge is 0.343 e. The second-order valence-electron chi connectivity index (χ2n) is 6.97. The predicted molar refractivity (Wildman–Crippen MR) is 120 cm³/mol. The summed E-state index contributed by atoms with van der Waals surface area (Å²) in [5, 5.41) is 2.78. The molecule has 0 aliphatic carbocycles. The van der Waals surface area contributed by atoms with Crippen molar-refractivity contribution < 1.29 is 33.4 Å². The zero-order valence-corrected chi connectivity index (χ0v) is 18.2. The molecule has 33 heavy (non-hydrogen) atoms. The van der Waals surface area contributed by atoms with Crippen LogP contribution in [0.2, 0.25) is 0 Å². The second-order valence-corrected chi connectivity index (χ2v) is 6.97. The van der Waals surface area contributed by atoms with Crippen LogP contribution in [0.3, 0.4) is 0 Å². The maximum Gasteiger partial charge on any atom is 0.343 e. The Morgan fingerprint density at radius 2 is 1.27 bits per heavy atom. The number of rotatable bonds is 6. The summed E-state index contributed by atoms with van der Waals surface area (Å²) < 4.78 is 14.7. The van der Waals surface area contributed by atoms with Crippen LogP contribution in [0.4, 0.5) is 5.69 Å². The van der Waals surface area contributed by atoms with Crippen LogP contribution in [0, 0.1) is 6.92 Å². The molecule has 3 aromatic carbocycles. The van der Waals surface area contributed by atoms with Gasteiger partial charge in [0.25, 0.3) is 5.91 Å². The fourth-order valence-corrected chi connectivity index (χ4v) is 2.96. The number of benzene rings is 3. The first-order valence-corrected chi connectivity index (χ1v) is 9.83. The Hall–Kier alpha value is -4.46. The lowest BCUT2D eigenvalue weighted by atomic mass is 10.1. The quantitative estimate of drug-likeness (QED) is 0.449. The number of ether oxygens (including phenoxy) is 3. The van der Waals surface area contributed by atoms with Crippen LogP contribution in [0.25, 0.3) is 0 Å². The molecule has 0 aromatic heterocycles. The highest BCUT2D eigenvalue weighted by atomic mass is 16.5. The lowest BCUT2D eigenvalue weighted by Crippen LogP contribution is -2.15. The Labute approximate surface area is 190 Å². The van der Waals surface area contributed by atoms with E-state index < -0.39 is 17.9 Å². The third-order valence-corrected chi connectivity index (χ3v) is 4.72. The summed E-state index contributed by atoms with van der Waals surface area (Å²) in [5.74, 6) is -2.53. The normalized spacial score (nSPS) is 10.2. The molecule has 8 nitrogen and oxygen atoms in total. The Kier molecular flexibility index (Phi) is 7.20. The van der Waals surface area contributed by atoms with E-state index >= 15 is 0 Å². The van der Waals surface area contributed by atoms with Gasteiger partial charge < -0.3 is 19.5 Å². The van der Waals surface area contributed by atoms with E-state index in [4.69, 9.17) is 4.74 Å². The van der Waals surface area contributed by atoms with Gasteiger partial charge in [-0.15, -0.1) is 0 Å². The summed E-state index contributed by atoms with van der Waals surface area (Å²) in [6.45, 7) is 1.79. The Bertz CT molecular complexity index is 1180. The highest BCUT2D eigenvalue weighted by Crippen LogP contribution is 2.23. The molecule has 0 spiro atoms. The van der Waals surface area contributed by atoms with E-state index in [1.165, 1.54) is 38.5 Å². The SMILES string of the molecule is COC(=O)c1cc(OC(=O)c2ccc(C)c(NC(=O)c3ccccc3)c2)cc(C(=O)OC)c1. The van der Waals surface area contributed by atoms with E-state index in [0.29, 0.717) is 11.3 Å². The molecule has 3 aromatic rings. The molecule has 0 heterocycles. The molecule has 0 aliphatic heterocycles. The van der Waals surface area contributed by atoms with E-state index in [1.807, 2.05) is 0 Å². The standard InChI is InChI=1S/C25H21NO7/c1-15-9-10-17(14-21(15)26-22(27)16-7-5-4-6-8-16)25(30)33-20-12-18(23(28)31-2)11-19(13-20)24(29)32-3/h4-14H,1-3H3,(H,26,27). The number of nitrogens with one attached hydrogen (secondary N) is 1. The highest BCUT2D eigenvalue weighted by Gasteiger charge is 2.18.